The van der Waals surface area contributed by atoms with Crippen LogP contribution in [0.5, 0.6) is 0 Å². The van der Waals surface area contributed by atoms with Crippen molar-refractivity contribution < 1.29 is 13.2 Å². The van der Waals surface area contributed by atoms with Gasteiger partial charge in [0.05, 0.1) is 15.5 Å². The van der Waals surface area contributed by atoms with Gasteiger partial charge in [-0.1, -0.05) is 23.7 Å². The van der Waals surface area contributed by atoms with Gasteiger partial charge in [0.15, 0.2) is 0 Å². The van der Waals surface area contributed by atoms with E-state index in [-0.39, 0.29) is 15.5 Å². The monoisotopic (exact) mass is 422 g/mol. The molecule has 3 rings (SSSR count). The Morgan fingerprint density at radius 2 is 1.79 bits per heavy atom. The van der Waals surface area contributed by atoms with Crippen LogP contribution in [0.25, 0.3) is 0 Å². The van der Waals surface area contributed by atoms with Crippen molar-refractivity contribution >= 4 is 33.2 Å². The number of sulfonamides is 1. The third kappa shape index (κ3) is 5.02. The van der Waals surface area contributed by atoms with Gasteiger partial charge in [-0.2, -0.15) is 0 Å². The average Bonchev–Trinajstić information content (AvgIpc) is 2.63. The van der Waals surface area contributed by atoms with E-state index < -0.39 is 15.9 Å². The van der Waals surface area contributed by atoms with Crippen LogP contribution in [-0.2, 0) is 10.0 Å². The summed E-state index contributed by atoms with van der Waals surface area (Å²) < 4.78 is 28.0. The van der Waals surface area contributed by atoms with Crippen LogP contribution in [0.4, 0.5) is 5.69 Å². The molecule has 2 N–H and O–H groups in total. The van der Waals surface area contributed by atoms with Crippen molar-refractivity contribution in [2.24, 2.45) is 0 Å². The summed E-state index contributed by atoms with van der Waals surface area (Å²) in [4.78, 5) is 14.8. The number of amides is 1. The zero-order valence-corrected chi connectivity index (χ0v) is 17.3. The molecule has 1 aliphatic rings. The fourth-order valence-corrected chi connectivity index (χ4v) is 4.17. The molecule has 0 bridgehead atoms. The first-order valence-corrected chi connectivity index (χ1v) is 10.7. The first-order chi connectivity index (χ1) is 13.2. The molecular formula is C19H23ClN4O3S. The molecule has 0 unspecified atom stereocenters. The summed E-state index contributed by atoms with van der Waals surface area (Å²) in [6.07, 6.45) is 0. The quantitative estimate of drug-likeness (QED) is 0.772. The Morgan fingerprint density at radius 1 is 1.07 bits per heavy atom. The number of carbonyl (C=O) groups excluding carboxylic acids is 1. The molecule has 2 aromatic carbocycles. The summed E-state index contributed by atoms with van der Waals surface area (Å²) >= 11 is 6.16. The number of aryl methyl sites for hydroxylation is 1. The van der Waals surface area contributed by atoms with Crippen molar-refractivity contribution in [3.8, 4) is 0 Å². The van der Waals surface area contributed by atoms with Gasteiger partial charge in [0.2, 0.25) is 0 Å². The van der Waals surface area contributed by atoms with Crippen LogP contribution in [0.1, 0.15) is 15.9 Å². The lowest BCUT2D eigenvalue weighted by Gasteiger charge is -2.32. The molecule has 0 saturated carbocycles. The summed E-state index contributed by atoms with van der Waals surface area (Å²) in [6.45, 7) is 4.92. The highest BCUT2D eigenvalue weighted by Gasteiger charge is 2.21. The van der Waals surface area contributed by atoms with Crippen molar-refractivity contribution in [1.82, 2.24) is 15.3 Å². The summed E-state index contributed by atoms with van der Waals surface area (Å²) in [5.74, 6) is -0.429. The molecular weight excluding hydrogens is 400 g/mol. The van der Waals surface area contributed by atoms with Crippen LogP contribution in [0.2, 0.25) is 5.02 Å². The Bertz CT molecular complexity index is 973. The Hall–Kier alpha value is -2.13. The van der Waals surface area contributed by atoms with Gasteiger partial charge in [0.1, 0.15) is 0 Å². The lowest BCUT2D eigenvalue weighted by Crippen LogP contribution is -2.52. The number of halogens is 1. The van der Waals surface area contributed by atoms with E-state index in [1.807, 2.05) is 25.0 Å². The lowest BCUT2D eigenvalue weighted by molar-refractivity contribution is 0.0662. The summed E-state index contributed by atoms with van der Waals surface area (Å²) in [7, 11) is -1.83. The first kappa shape index (κ1) is 20.6. The van der Waals surface area contributed by atoms with Crippen molar-refractivity contribution in [3.63, 3.8) is 0 Å². The van der Waals surface area contributed by atoms with Crippen molar-refractivity contribution in [2.45, 2.75) is 11.8 Å². The van der Waals surface area contributed by atoms with Gasteiger partial charge in [0, 0.05) is 31.9 Å². The topological polar surface area (TPSA) is 81.7 Å². The number of benzene rings is 2. The van der Waals surface area contributed by atoms with Gasteiger partial charge in [-0.25, -0.2) is 13.4 Å². The van der Waals surface area contributed by atoms with Gasteiger partial charge in [-0.15, -0.1) is 0 Å². The third-order valence-electron chi connectivity index (χ3n) is 4.53. The molecule has 1 amide bonds. The van der Waals surface area contributed by atoms with E-state index >= 15 is 0 Å². The van der Waals surface area contributed by atoms with Crippen molar-refractivity contribution in [3.05, 3.63) is 58.6 Å². The predicted molar refractivity (Wildman–Crippen MR) is 110 cm³/mol. The molecule has 0 atom stereocenters. The molecule has 28 heavy (non-hydrogen) atoms. The van der Waals surface area contributed by atoms with E-state index in [0.29, 0.717) is 18.8 Å². The third-order valence-corrected chi connectivity index (χ3v) is 6.23. The molecule has 1 saturated heterocycles. The van der Waals surface area contributed by atoms with Crippen LogP contribution < -0.4 is 10.1 Å². The molecule has 0 aliphatic carbocycles. The minimum atomic E-state index is -3.85. The molecule has 1 aliphatic heterocycles. The van der Waals surface area contributed by atoms with E-state index in [4.69, 9.17) is 11.6 Å². The second-order valence-corrected chi connectivity index (χ2v) is 8.94. The zero-order chi connectivity index (χ0) is 20.3. The van der Waals surface area contributed by atoms with E-state index in [0.717, 1.165) is 18.7 Å². The Labute approximate surface area is 170 Å². The smallest absolute Gasteiger partial charge is 0.267 e. The van der Waals surface area contributed by atoms with Gasteiger partial charge in [-0.05, 0) is 49.9 Å². The highest BCUT2D eigenvalue weighted by Crippen LogP contribution is 2.23. The maximum absolute atomic E-state index is 12.7. The van der Waals surface area contributed by atoms with Gasteiger partial charge >= 0.3 is 0 Å². The second-order valence-electron chi connectivity index (χ2n) is 6.85. The number of hydrogen-bond acceptors (Lipinski definition) is 5. The number of hydrogen-bond donors (Lipinski definition) is 2. The number of likely N-dealkylation sites (N-methyl/N-ethyl adjacent to an activating group) is 1. The fourth-order valence-electron chi connectivity index (χ4n) is 2.89. The Balaban J connectivity index is 1.79. The molecule has 0 spiro atoms. The number of hydrazine groups is 1. The summed E-state index contributed by atoms with van der Waals surface area (Å²) in [5.41, 5.74) is 4.31. The SMILES string of the molecule is Cc1cccc(NS(=O)(=O)c2ccc(Cl)c(C(=O)NN3CCN(C)CC3)c2)c1. The molecule has 9 heteroatoms. The average molecular weight is 423 g/mol. The number of rotatable bonds is 5. The largest absolute Gasteiger partial charge is 0.304 e. The summed E-state index contributed by atoms with van der Waals surface area (Å²) in [6, 6.07) is 11.1. The van der Waals surface area contributed by atoms with Crippen LogP contribution >= 0.6 is 11.6 Å². The Morgan fingerprint density at radius 3 is 2.46 bits per heavy atom. The molecule has 0 aromatic heterocycles. The van der Waals surface area contributed by atoms with Gasteiger partial charge in [0.25, 0.3) is 15.9 Å². The molecule has 150 valence electrons. The normalized spacial score (nSPS) is 16.0. The van der Waals surface area contributed by atoms with Gasteiger partial charge in [-0.3, -0.25) is 14.9 Å². The standard InChI is InChI=1S/C19H23ClN4O3S/c1-14-4-3-5-15(12-14)22-28(26,27)16-6-7-18(20)17(13-16)19(25)21-24-10-8-23(2)9-11-24/h3-7,12-13,22H,8-11H2,1-2H3,(H,21,25). The molecule has 0 radical (unpaired) electrons. The fraction of sp³-hybridized carbons (Fsp3) is 0.316. The zero-order valence-electron chi connectivity index (χ0n) is 15.8. The minimum Gasteiger partial charge on any atom is -0.304 e. The first-order valence-electron chi connectivity index (χ1n) is 8.88. The van der Waals surface area contributed by atoms with E-state index in [9.17, 15) is 13.2 Å². The Kier molecular flexibility index (Phi) is 6.24. The number of anilines is 1. The number of piperazine rings is 1. The molecule has 1 fully saturated rings. The second kappa shape index (κ2) is 8.48. The van der Waals surface area contributed by atoms with Crippen LogP contribution in [0.15, 0.2) is 47.4 Å². The number of carbonyl (C=O) groups is 1. The lowest BCUT2D eigenvalue weighted by atomic mass is 10.2. The van der Waals surface area contributed by atoms with E-state index in [1.165, 1.54) is 18.2 Å². The maximum atomic E-state index is 12.7. The maximum Gasteiger partial charge on any atom is 0.267 e. The van der Waals surface area contributed by atoms with Crippen molar-refractivity contribution in [1.29, 1.82) is 0 Å². The van der Waals surface area contributed by atoms with Crippen LogP contribution in [0, 0.1) is 6.92 Å². The van der Waals surface area contributed by atoms with E-state index in [2.05, 4.69) is 15.0 Å². The predicted octanol–water partition coefficient (Wildman–Crippen LogP) is 2.34. The molecule has 7 nitrogen and oxygen atoms in total. The number of nitrogens with zero attached hydrogens (tertiary/aromatic N) is 2. The highest BCUT2D eigenvalue weighted by molar-refractivity contribution is 7.92. The number of nitrogens with one attached hydrogen (secondary N) is 2. The van der Waals surface area contributed by atoms with Crippen LogP contribution in [-0.4, -0.2) is 57.5 Å². The summed E-state index contributed by atoms with van der Waals surface area (Å²) in [5, 5.41) is 2.01. The minimum absolute atomic E-state index is 0.0260. The molecule has 1 heterocycles. The van der Waals surface area contributed by atoms with E-state index in [1.54, 1.807) is 18.2 Å². The van der Waals surface area contributed by atoms with Crippen molar-refractivity contribution in [2.75, 3.05) is 37.9 Å². The molecule has 2 aromatic rings. The highest BCUT2D eigenvalue weighted by atomic mass is 35.5. The van der Waals surface area contributed by atoms with Crippen LogP contribution in [0.3, 0.4) is 0 Å². The van der Waals surface area contributed by atoms with Gasteiger partial charge < -0.3 is 4.90 Å².